The molecule has 0 spiro atoms. The molecule has 0 bridgehead atoms. The number of hydrogen-bond donors (Lipinski definition) is 2. The van der Waals surface area contributed by atoms with Crippen LogP contribution in [0.2, 0.25) is 0 Å². The summed E-state index contributed by atoms with van der Waals surface area (Å²) in [6.07, 6.45) is 2.36. The number of halogens is 1. The normalized spacial score (nSPS) is 14.6. The lowest BCUT2D eigenvalue weighted by molar-refractivity contribution is 0.598. The van der Waals surface area contributed by atoms with E-state index in [0.29, 0.717) is 17.3 Å². The number of hydrogen-bond acceptors (Lipinski definition) is 3. The van der Waals surface area contributed by atoms with E-state index in [-0.39, 0.29) is 4.90 Å². The minimum atomic E-state index is -3.71. The molecule has 0 aromatic heterocycles. The Balaban J connectivity index is 1.76. The van der Waals surface area contributed by atoms with Crippen molar-refractivity contribution < 1.29 is 12.8 Å². The predicted molar refractivity (Wildman–Crippen MR) is 85.0 cm³/mol. The van der Waals surface area contributed by atoms with E-state index >= 15 is 0 Å². The number of anilines is 2. The molecule has 1 aliphatic rings. The van der Waals surface area contributed by atoms with Crippen LogP contribution in [0.4, 0.5) is 15.8 Å². The quantitative estimate of drug-likeness (QED) is 0.886. The van der Waals surface area contributed by atoms with Crippen molar-refractivity contribution in [3.63, 3.8) is 0 Å². The maximum Gasteiger partial charge on any atom is 0.261 e. The molecule has 1 fully saturated rings. The van der Waals surface area contributed by atoms with E-state index in [1.807, 2.05) is 12.1 Å². The third-order valence-corrected chi connectivity index (χ3v) is 4.90. The van der Waals surface area contributed by atoms with Crippen molar-refractivity contribution in [3.8, 4) is 0 Å². The van der Waals surface area contributed by atoms with Gasteiger partial charge in [0, 0.05) is 17.4 Å². The van der Waals surface area contributed by atoms with Crippen LogP contribution in [0.5, 0.6) is 0 Å². The summed E-state index contributed by atoms with van der Waals surface area (Å²) >= 11 is 0. The molecular weight excluding hydrogens is 303 g/mol. The minimum Gasteiger partial charge on any atom is -0.382 e. The summed E-state index contributed by atoms with van der Waals surface area (Å²) < 4.78 is 40.3. The van der Waals surface area contributed by atoms with Crippen LogP contribution in [0.25, 0.3) is 0 Å². The van der Waals surface area contributed by atoms with Crippen LogP contribution >= 0.6 is 0 Å². The number of aryl methyl sites for hydroxylation is 1. The van der Waals surface area contributed by atoms with E-state index in [1.165, 1.54) is 31.9 Å². The van der Waals surface area contributed by atoms with Crippen LogP contribution in [-0.4, -0.2) is 14.5 Å². The molecule has 3 rings (SSSR count). The Morgan fingerprint density at radius 2 is 1.68 bits per heavy atom. The number of benzene rings is 2. The molecule has 116 valence electrons. The monoisotopic (exact) mass is 320 g/mol. The van der Waals surface area contributed by atoms with Crippen molar-refractivity contribution in [2.24, 2.45) is 0 Å². The van der Waals surface area contributed by atoms with Gasteiger partial charge in [-0.05, 0) is 67.8 Å². The summed E-state index contributed by atoms with van der Waals surface area (Å²) in [5, 5.41) is 3.33. The van der Waals surface area contributed by atoms with Gasteiger partial charge in [0.25, 0.3) is 10.0 Å². The first kappa shape index (κ1) is 14.8. The molecule has 1 aliphatic carbocycles. The SMILES string of the molecule is Cc1cc(S(=O)(=O)Nc2ccc(NC3CC3)cc2)ccc1F. The number of nitrogens with one attached hydrogen (secondary N) is 2. The summed E-state index contributed by atoms with van der Waals surface area (Å²) in [6, 6.07) is 11.4. The fourth-order valence-electron chi connectivity index (χ4n) is 2.10. The Bertz CT molecular complexity index is 784. The van der Waals surface area contributed by atoms with E-state index in [2.05, 4.69) is 10.0 Å². The second-order valence-electron chi connectivity index (χ2n) is 5.51. The molecule has 0 radical (unpaired) electrons. The fourth-order valence-corrected chi connectivity index (χ4v) is 3.24. The van der Waals surface area contributed by atoms with Crippen molar-refractivity contribution in [1.29, 1.82) is 0 Å². The average molecular weight is 320 g/mol. The lowest BCUT2D eigenvalue weighted by Crippen LogP contribution is -2.13. The summed E-state index contributed by atoms with van der Waals surface area (Å²) in [7, 11) is -3.71. The van der Waals surface area contributed by atoms with Gasteiger partial charge in [0.15, 0.2) is 0 Å². The van der Waals surface area contributed by atoms with E-state index in [0.717, 1.165) is 11.8 Å². The van der Waals surface area contributed by atoms with Crippen LogP contribution in [-0.2, 0) is 10.0 Å². The Kier molecular flexibility index (Phi) is 3.78. The molecular formula is C16H17FN2O2S. The predicted octanol–water partition coefficient (Wildman–Crippen LogP) is 3.51. The molecule has 0 heterocycles. The highest BCUT2D eigenvalue weighted by molar-refractivity contribution is 7.92. The van der Waals surface area contributed by atoms with E-state index in [4.69, 9.17) is 0 Å². The van der Waals surface area contributed by atoms with E-state index in [1.54, 1.807) is 12.1 Å². The smallest absolute Gasteiger partial charge is 0.261 e. The second-order valence-corrected chi connectivity index (χ2v) is 7.19. The maximum absolute atomic E-state index is 13.2. The molecule has 2 aromatic carbocycles. The lowest BCUT2D eigenvalue weighted by Gasteiger charge is -2.10. The summed E-state index contributed by atoms with van der Waals surface area (Å²) in [5.41, 5.74) is 1.75. The van der Waals surface area contributed by atoms with Gasteiger partial charge in [0.05, 0.1) is 4.90 Å². The zero-order valence-electron chi connectivity index (χ0n) is 12.1. The van der Waals surface area contributed by atoms with Gasteiger partial charge in [0.1, 0.15) is 5.82 Å². The van der Waals surface area contributed by atoms with Gasteiger partial charge >= 0.3 is 0 Å². The highest BCUT2D eigenvalue weighted by Gasteiger charge is 2.20. The first-order valence-electron chi connectivity index (χ1n) is 7.10. The van der Waals surface area contributed by atoms with Crippen LogP contribution in [0.3, 0.4) is 0 Å². The summed E-state index contributed by atoms with van der Waals surface area (Å²) in [6.45, 7) is 1.53. The Morgan fingerprint density at radius 3 is 2.27 bits per heavy atom. The average Bonchev–Trinajstić information content (AvgIpc) is 3.27. The first-order chi connectivity index (χ1) is 10.4. The molecule has 2 aromatic rings. The topological polar surface area (TPSA) is 58.2 Å². The van der Waals surface area contributed by atoms with Crippen molar-refractivity contribution in [1.82, 2.24) is 0 Å². The van der Waals surface area contributed by atoms with Gasteiger partial charge in [-0.25, -0.2) is 12.8 Å². The van der Waals surface area contributed by atoms with Gasteiger partial charge in [-0.1, -0.05) is 0 Å². The van der Waals surface area contributed by atoms with Gasteiger partial charge in [-0.2, -0.15) is 0 Å². The van der Waals surface area contributed by atoms with E-state index < -0.39 is 15.8 Å². The van der Waals surface area contributed by atoms with Crippen LogP contribution in [0.15, 0.2) is 47.4 Å². The van der Waals surface area contributed by atoms with Crippen LogP contribution < -0.4 is 10.0 Å². The molecule has 0 atom stereocenters. The Hall–Kier alpha value is -2.08. The zero-order chi connectivity index (χ0) is 15.7. The van der Waals surface area contributed by atoms with Crippen LogP contribution in [0, 0.1) is 12.7 Å². The molecule has 4 nitrogen and oxygen atoms in total. The third-order valence-electron chi connectivity index (χ3n) is 3.52. The van der Waals surface area contributed by atoms with Crippen LogP contribution in [0.1, 0.15) is 18.4 Å². The summed E-state index contributed by atoms with van der Waals surface area (Å²) in [5.74, 6) is -0.422. The molecule has 1 saturated carbocycles. The Morgan fingerprint density at radius 1 is 1.05 bits per heavy atom. The van der Waals surface area contributed by atoms with Gasteiger partial charge in [-0.3, -0.25) is 4.72 Å². The minimum absolute atomic E-state index is 0.0478. The highest BCUT2D eigenvalue weighted by atomic mass is 32.2. The zero-order valence-corrected chi connectivity index (χ0v) is 13.0. The molecule has 6 heteroatoms. The third kappa shape index (κ3) is 3.39. The number of rotatable bonds is 5. The Labute approximate surface area is 129 Å². The van der Waals surface area contributed by atoms with Crippen molar-refractivity contribution >= 4 is 21.4 Å². The van der Waals surface area contributed by atoms with Crippen molar-refractivity contribution in [2.75, 3.05) is 10.0 Å². The fraction of sp³-hybridized carbons (Fsp3) is 0.250. The van der Waals surface area contributed by atoms with Gasteiger partial charge < -0.3 is 5.32 Å². The van der Waals surface area contributed by atoms with E-state index in [9.17, 15) is 12.8 Å². The first-order valence-corrected chi connectivity index (χ1v) is 8.58. The highest BCUT2D eigenvalue weighted by Crippen LogP contribution is 2.26. The van der Waals surface area contributed by atoms with Crippen molar-refractivity contribution in [2.45, 2.75) is 30.7 Å². The standard InChI is InChI=1S/C16H17FN2O2S/c1-11-10-15(8-9-16(11)17)22(20,21)19-14-6-4-13(5-7-14)18-12-2-3-12/h4-10,12,18-19H,2-3H2,1H3. The molecule has 0 amide bonds. The van der Waals surface area contributed by atoms with Gasteiger partial charge in [-0.15, -0.1) is 0 Å². The molecule has 0 aliphatic heterocycles. The largest absolute Gasteiger partial charge is 0.382 e. The summed E-state index contributed by atoms with van der Waals surface area (Å²) in [4.78, 5) is 0.0478. The lowest BCUT2D eigenvalue weighted by atomic mass is 10.2. The molecule has 0 saturated heterocycles. The molecule has 0 unspecified atom stereocenters. The second kappa shape index (κ2) is 5.61. The van der Waals surface area contributed by atoms with Gasteiger partial charge in [0.2, 0.25) is 0 Å². The molecule has 22 heavy (non-hydrogen) atoms. The van der Waals surface area contributed by atoms with Crippen molar-refractivity contribution in [3.05, 3.63) is 53.8 Å². The number of sulfonamides is 1. The maximum atomic E-state index is 13.2. The molecule has 2 N–H and O–H groups in total.